The third-order valence-electron chi connectivity index (χ3n) is 3.89. The molecule has 0 bridgehead atoms. The Morgan fingerprint density at radius 3 is 2.88 bits per heavy atom. The van der Waals surface area contributed by atoms with Crippen molar-refractivity contribution in [3.05, 3.63) is 59.7 Å². The van der Waals surface area contributed by atoms with E-state index in [1.165, 1.54) is 0 Å². The lowest BCUT2D eigenvalue weighted by Gasteiger charge is -2.29. The second-order valence-corrected chi connectivity index (χ2v) is 6.38. The number of rotatable bonds is 4. The van der Waals surface area contributed by atoms with E-state index in [1.54, 1.807) is 11.0 Å². The molecule has 2 aromatic carbocycles. The Kier molecular flexibility index (Phi) is 5.08. The minimum Gasteiger partial charge on any atom is -0.491 e. The normalized spacial score (nSPS) is 13.7. The van der Waals surface area contributed by atoms with Gasteiger partial charge in [-0.2, -0.15) is 0 Å². The summed E-state index contributed by atoms with van der Waals surface area (Å²) in [6, 6.07) is 13.6. The van der Waals surface area contributed by atoms with Gasteiger partial charge in [0.25, 0.3) is 5.91 Å². The lowest BCUT2D eigenvalue weighted by Crippen LogP contribution is -2.36. The highest BCUT2D eigenvalue weighted by Gasteiger charge is 2.22. The van der Waals surface area contributed by atoms with Crippen molar-refractivity contribution in [2.75, 3.05) is 18.1 Å². The molecular formula is C21H23NO3. The molecule has 0 N–H and O–H groups in total. The van der Waals surface area contributed by atoms with E-state index >= 15 is 0 Å². The number of hydrogen-bond acceptors (Lipinski definition) is 3. The number of fused-ring (bicyclic) bond motifs is 1. The molecule has 25 heavy (non-hydrogen) atoms. The lowest BCUT2D eigenvalue weighted by atomic mass is 10.1. The van der Waals surface area contributed by atoms with Crippen LogP contribution in [0.5, 0.6) is 11.5 Å². The van der Waals surface area contributed by atoms with Crippen molar-refractivity contribution < 1.29 is 14.3 Å². The average molecular weight is 337 g/mol. The first-order chi connectivity index (χ1) is 12.0. The van der Waals surface area contributed by atoms with Gasteiger partial charge in [-0.25, -0.2) is 0 Å². The molecule has 0 aliphatic carbocycles. The fraction of sp³-hybridized carbons (Fsp3) is 0.286. The molecule has 2 aromatic rings. The van der Waals surface area contributed by atoms with Gasteiger partial charge in [0.05, 0.1) is 18.3 Å². The molecule has 0 saturated heterocycles. The van der Waals surface area contributed by atoms with Crippen molar-refractivity contribution in [1.29, 1.82) is 0 Å². The molecule has 1 amide bonds. The van der Waals surface area contributed by atoms with Crippen LogP contribution in [0.15, 0.2) is 48.5 Å². The smallest absolute Gasteiger partial charge is 0.251 e. The van der Waals surface area contributed by atoms with Crippen LogP contribution >= 0.6 is 0 Å². The highest BCUT2D eigenvalue weighted by atomic mass is 16.5. The minimum atomic E-state index is -0.0506. The second kappa shape index (κ2) is 7.43. The Bertz CT molecular complexity index is 795. The number of carbonyl (C=O) groups excluding carboxylic acids is 1. The van der Waals surface area contributed by atoms with Gasteiger partial charge in [0, 0.05) is 6.08 Å². The summed E-state index contributed by atoms with van der Waals surface area (Å²) in [6.07, 6.45) is 3.54. The molecule has 4 nitrogen and oxygen atoms in total. The maximum absolute atomic E-state index is 12.7. The van der Waals surface area contributed by atoms with Gasteiger partial charge in [0.15, 0.2) is 0 Å². The quantitative estimate of drug-likeness (QED) is 0.784. The number of amides is 1. The number of nitrogens with zero attached hydrogens (tertiary/aromatic N) is 1. The number of ether oxygens (including phenoxy) is 2. The van der Waals surface area contributed by atoms with Gasteiger partial charge in [-0.1, -0.05) is 18.2 Å². The summed E-state index contributed by atoms with van der Waals surface area (Å²) in [6.45, 7) is 7.05. The molecular weight excluding hydrogens is 314 g/mol. The number of aryl methyl sites for hydroxylation is 1. The van der Waals surface area contributed by atoms with Crippen molar-refractivity contribution in [3.8, 4) is 11.5 Å². The largest absolute Gasteiger partial charge is 0.491 e. The van der Waals surface area contributed by atoms with Crippen LogP contribution in [0.1, 0.15) is 25.0 Å². The first-order valence-electron chi connectivity index (χ1n) is 8.52. The van der Waals surface area contributed by atoms with Crippen molar-refractivity contribution >= 4 is 17.7 Å². The second-order valence-electron chi connectivity index (χ2n) is 6.38. The Hall–Kier alpha value is -2.75. The van der Waals surface area contributed by atoms with Gasteiger partial charge in [0.2, 0.25) is 0 Å². The molecule has 0 atom stereocenters. The standard InChI is InChI=1S/C21H23NO3/c1-15(2)25-18-6-4-5-17(14-18)8-10-21(23)22-11-12-24-20-9-7-16(3)13-19(20)22/h4-10,13-15H,11-12H2,1-3H3/b10-8+. The molecule has 1 aliphatic rings. The summed E-state index contributed by atoms with van der Waals surface area (Å²) in [5.74, 6) is 1.51. The van der Waals surface area contributed by atoms with Crippen LogP contribution in [-0.4, -0.2) is 25.2 Å². The van der Waals surface area contributed by atoms with Crippen LogP contribution in [-0.2, 0) is 4.79 Å². The Morgan fingerprint density at radius 2 is 2.08 bits per heavy atom. The first kappa shape index (κ1) is 17.1. The summed E-state index contributed by atoms with van der Waals surface area (Å²) in [4.78, 5) is 14.4. The van der Waals surface area contributed by atoms with Gasteiger partial charge in [-0.05, 0) is 62.2 Å². The van der Waals surface area contributed by atoms with Crippen LogP contribution in [0, 0.1) is 6.92 Å². The Balaban J connectivity index is 1.77. The maximum Gasteiger partial charge on any atom is 0.251 e. The van der Waals surface area contributed by atoms with E-state index in [0.29, 0.717) is 13.2 Å². The maximum atomic E-state index is 12.7. The molecule has 0 spiro atoms. The van der Waals surface area contributed by atoms with Gasteiger partial charge in [-0.3, -0.25) is 4.79 Å². The van der Waals surface area contributed by atoms with Crippen LogP contribution < -0.4 is 14.4 Å². The predicted octanol–water partition coefficient (Wildman–Crippen LogP) is 4.22. The predicted molar refractivity (Wildman–Crippen MR) is 100 cm³/mol. The summed E-state index contributed by atoms with van der Waals surface area (Å²) in [7, 11) is 0. The third-order valence-corrected chi connectivity index (χ3v) is 3.89. The fourth-order valence-electron chi connectivity index (χ4n) is 2.78. The molecule has 0 unspecified atom stereocenters. The van der Waals surface area contributed by atoms with Gasteiger partial charge in [0.1, 0.15) is 18.1 Å². The molecule has 0 saturated carbocycles. The monoisotopic (exact) mass is 337 g/mol. The van der Waals surface area contributed by atoms with E-state index in [0.717, 1.165) is 28.3 Å². The summed E-state index contributed by atoms with van der Waals surface area (Å²) in [5.41, 5.74) is 2.87. The van der Waals surface area contributed by atoms with Crippen LogP contribution in [0.3, 0.4) is 0 Å². The zero-order chi connectivity index (χ0) is 17.8. The SMILES string of the molecule is Cc1ccc2c(c1)N(C(=O)/C=C/c1cccc(OC(C)C)c1)CCO2. The van der Waals surface area contributed by atoms with Crippen LogP contribution in [0.25, 0.3) is 6.08 Å². The fourth-order valence-corrected chi connectivity index (χ4v) is 2.78. The van der Waals surface area contributed by atoms with Crippen molar-refractivity contribution in [1.82, 2.24) is 0 Å². The van der Waals surface area contributed by atoms with E-state index in [1.807, 2.05) is 69.3 Å². The number of benzene rings is 2. The van der Waals surface area contributed by atoms with Crippen LogP contribution in [0.2, 0.25) is 0 Å². The number of anilines is 1. The summed E-state index contributed by atoms with van der Waals surface area (Å²) < 4.78 is 11.3. The van der Waals surface area contributed by atoms with Crippen LogP contribution in [0.4, 0.5) is 5.69 Å². The third kappa shape index (κ3) is 4.21. The molecule has 0 radical (unpaired) electrons. The molecule has 130 valence electrons. The lowest BCUT2D eigenvalue weighted by molar-refractivity contribution is -0.114. The van der Waals surface area contributed by atoms with E-state index in [4.69, 9.17) is 9.47 Å². The Labute approximate surface area is 148 Å². The van der Waals surface area contributed by atoms with Crippen molar-refractivity contribution in [3.63, 3.8) is 0 Å². The van der Waals surface area contributed by atoms with Gasteiger partial charge < -0.3 is 14.4 Å². The molecule has 1 aliphatic heterocycles. The zero-order valence-corrected chi connectivity index (χ0v) is 14.9. The summed E-state index contributed by atoms with van der Waals surface area (Å²) in [5, 5.41) is 0. The highest BCUT2D eigenvalue weighted by Crippen LogP contribution is 2.32. The topological polar surface area (TPSA) is 38.8 Å². The average Bonchev–Trinajstić information content (AvgIpc) is 2.59. The van der Waals surface area contributed by atoms with E-state index in [2.05, 4.69) is 0 Å². The molecule has 4 heteroatoms. The van der Waals surface area contributed by atoms with E-state index in [9.17, 15) is 4.79 Å². The minimum absolute atomic E-state index is 0.0506. The molecule has 3 rings (SSSR count). The Morgan fingerprint density at radius 1 is 1.24 bits per heavy atom. The number of hydrogen-bond donors (Lipinski definition) is 0. The van der Waals surface area contributed by atoms with E-state index < -0.39 is 0 Å². The van der Waals surface area contributed by atoms with Gasteiger partial charge >= 0.3 is 0 Å². The van der Waals surface area contributed by atoms with Gasteiger partial charge in [-0.15, -0.1) is 0 Å². The molecule has 0 fully saturated rings. The molecule has 0 aromatic heterocycles. The number of carbonyl (C=O) groups is 1. The zero-order valence-electron chi connectivity index (χ0n) is 14.9. The van der Waals surface area contributed by atoms with Crippen molar-refractivity contribution in [2.45, 2.75) is 26.9 Å². The molecule has 1 heterocycles. The highest BCUT2D eigenvalue weighted by molar-refractivity contribution is 6.05. The summed E-state index contributed by atoms with van der Waals surface area (Å²) >= 11 is 0. The first-order valence-corrected chi connectivity index (χ1v) is 8.52. The van der Waals surface area contributed by atoms with E-state index in [-0.39, 0.29) is 12.0 Å². The van der Waals surface area contributed by atoms with Crippen molar-refractivity contribution in [2.24, 2.45) is 0 Å².